The van der Waals surface area contributed by atoms with Crippen LogP contribution in [0.1, 0.15) is 32.9 Å². The van der Waals surface area contributed by atoms with Crippen molar-refractivity contribution in [2.24, 2.45) is 0 Å². The first-order chi connectivity index (χ1) is 10.4. The minimum Gasteiger partial charge on any atom is -0.444 e. The zero-order valence-corrected chi connectivity index (χ0v) is 13.3. The van der Waals surface area contributed by atoms with E-state index in [9.17, 15) is 4.79 Å². The van der Waals surface area contributed by atoms with Gasteiger partial charge in [0, 0.05) is 17.8 Å². The van der Waals surface area contributed by atoms with Gasteiger partial charge in [-0.05, 0) is 50.3 Å². The smallest absolute Gasteiger partial charge is 0.410 e. The molecule has 1 aliphatic rings. The van der Waals surface area contributed by atoms with Gasteiger partial charge in [-0.2, -0.15) is 0 Å². The Balaban J connectivity index is 1.78. The third-order valence-corrected chi connectivity index (χ3v) is 3.68. The van der Waals surface area contributed by atoms with E-state index in [4.69, 9.17) is 4.74 Å². The second kappa shape index (κ2) is 5.52. The highest BCUT2D eigenvalue weighted by Gasteiger charge is 2.25. The first-order valence-electron chi connectivity index (χ1n) is 7.67. The Hall–Kier alpha value is -2.23. The Morgan fingerprint density at radius 3 is 2.77 bits per heavy atom. The lowest BCUT2D eigenvalue weighted by atomic mass is 10.1. The lowest BCUT2D eigenvalue weighted by molar-refractivity contribution is 0.0273. The van der Waals surface area contributed by atoms with Crippen molar-refractivity contribution in [3.63, 3.8) is 0 Å². The van der Waals surface area contributed by atoms with Crippen LogP contribution in [-0.2, 0) is 4.74 Å². The summed E-state index contributed by atoms with van der Waals surface area (Å²) in [5.41, 5.74) is 2.88. The fourth-order valence-corrected chi connectivity index (χ4v) is 2.67. The summed E-state index contributed by atoms with van der Waals surface area (Å²) in [6, 6.07) is 10.3. The molecule has 1 N–H and O–H groups in total. The van der Waals surface area contributed by atoms with Gasteiger partial charge >= 0.3 is 6.09 Å². The molecular formula is C18H22N2O2. The van der Waals surface area contributed by atoms with E-state index in [-0.39, 0.29) is 6.09 Å². The van der Waals surface area contributed by atoms with Crippen LogP contribution in [0.5, 0.6) is 0 Å². The molecule has 0 bridgehead atoms. The van der Waals surface area contributed by atoms with Gasteiger partial charge in [-0.1, -0.05) is 24.3 Å². The molecule has 0 radical (unpaired) electrons. The summed E-state index contributed by atoms with van der Waals surface area (Å²) in [5, 5.41) is 1.19. The molecule has 0 spiro atoms. The molecule has 4 heteroatoms. The van der Waals surface area contributed by atoms with Crippen LogP contribution >= 0.6 is 0 Å². The van der Waals surface area contributed by atoms with Crippen molar-refractivity contribution in [2.75, 3.05) is 13.1 Å². The van der Waals surface area contributed by atoms with Crippen molar-refractivity contribution in [3.8, 4) is 0 Å². The number of benzene rings is 1. The monoisotopic (exact) mass is 298 g/mol. The molecule has 3 rings (SSSR count). The Kier molecular flexibility index (Phi) is 3.69. The summed E-state index contributed by atoms with van der Waals surface area (Å²) in [4.78, 5) is 17.4. The van der Waals surface area contributed by atoms with Crippen LogP contribution in [0.2, 0.25) is 0 Å². The van der Waals surface area contributed by atoms with Crippen LogP contribution in [0.4, 0.5) is 4.79 Å². The Bertz CT molecular complexity index is 689. The number of aromatic nitrogens is 1. The van der Waals surface area contributed by atoms with Crippen molar-refractivity contribution in [3.05, 3.63) is 42.1 Å². The fraction of sp³-hybridized carbons (Fsp3) is 0.389. The van der Waals surface area contributed by atoms with E-state index in [1.807, 2.05) is 32.9 Å². The number of carbonyl (C=O) groups is 1. The van der Waals surface area contributed by atoms with Gasteiger partial charge in [0.05, 0.1) is 6.54 Å². The molecule has 0 saturated carbocycles. The van der Waals surface area contributed by atoms with Crippen molar-refractivity contribution >= 4 is 22.6 Å². The van der Waals surface area contributed by atoms with Gasteiger partial charge in [0.2, 0.25) is 0 Å². The summed E-state index contributed by atoms with van der Waals surface area (Å²) in [6.07, 6.45) is 2.81. The number of para-hydroxylation sites is 1. The maximum Gasteiger partial charge on any atom is 0.410 e. The molecule has 1 aliphatic heterocycles. The minimum atomic E-state index is -0.459. The third kappa shape index (κ3) is 3.16. The summed E-state index contributed by atoms with van der Waals surface area (Å²) in [5.74, 6) is 0. The number of ether oxygens (including phenoxy) is 1. The average molecular weight is 298 g/mol. The number of nitrogens with zero attached hydrogens (tertiary/aromatic N) is 1. The van der Waals surface area contributed by atoms with E-state index < -0.39 is 5.60 Å². The number of aromatic amines is 1. The second-order valence-electron chi connectivity index (χ2n) is 6.69. The molecule has 0 saturated heterocycles. The largest absolute Gasteiger partial charge is 0.444 e. The number of nitrogens with one attached hydrogen (secondary N) is 1. The van der Waals surface area contributed by atoms with Crippen LogP contribution in [0.3, 0.4) is 0 Å². The van der Waals surface area contributed by atoms with E-state index in [2.05, 4.69) is 29.3 Å². The van der Waals surface area contributed by atoms with Crippen molar-refractivity contribution in [1.29, 1.82) is 0 Å². The Morgan fingerprint density at radius 2 is 2.05 bits per heavy atom. The predicted molar refractivity (Wildman–Crippen MR) is 88.7 cm³/mol. The van der Waals surface area contributed by atoms with E-state index >= 15 is 0 Å². The highest BCUT2D eigenvalue weighted by Crippen LogP contribution is 2.25. The topological polar surface area (TPSA) is 45.3 Å². The summed E-state index contributed by atoms with van der Waals surface area (Å²) >= 11 is 0. The maximum absolute atomic E-state index is 12.2. The van der Waals surface area contributed by atoms with Gasteiger partial charge in [-0.3, -0.25) is 0 Å². The van der Waals surface area contributed by atoms with Crippen LogP contribution < -0.4 is 0 Å². The normalized spacial score (nSPS) is 15.8. The number of hydrogen-bond acceptors (Lipinski definition) is 2. The SMILES string of the molecule is CC(C)(C)OC(=O)N1CCC=C(c2cc3ccccc3[nH]2)C1. The summed E-state index contributed by atoms with van der Waals surface area (Å²) in [7, 11) is 0. The third-order valence-electron chi connectivity index (χ3n) is 3.68. The number of fused-ring (bicyclic) bond motifs is 1. The van der Waals surface area contributed by atoms with E-state index in [1.165, 1.54) is 5.39 Å². The Morgan fingerprint density at radius 1 is 1.27 bits per heavy atom. The fourth-order valence-electron chi connectivity index (χ4n) is 2.67. The standard InChI is InChI=1S/C18H22N2O2/c1-18(2,3)22-17(21)20-10-6-8-14(12-20)16-11-13-7-4-5-9-15(13)19-16/h4-5,7-9,11,19H,6,10,12H2,1-3H3. The van der Waals surface area contributed by atoms with E-state index in [0.717, 1.165) is 23.2 Å². The number of H-pyrrole nitrogens is 1. The summed E-state index contributed by atoms with van der Waals surface area (Å²) < 4.78 is 5.47. The molecule has 1 aromatic heterocycles. The molecular weight excluding hydrogens is 276 g/mol. The quantitative estimate of drug-likeness (QED) is 0.858. The lowest BCUT2D eigenvalue weighted by Crippen LogP contribution is -2.39. The van der Waals surface area contributed by atoms with Gasteiger partial charge in [0.25, 0.3) is 0 Å². The van der Waals surface area contributed by atoms with Crippen molar-refractivity contribution in [1.82, 2.24) is 9.88 Å². The first kappa shape index (κ1) is 14.7. The highest BCUT2D eigenvalue weighted by molar-refractivity contribution is 5.85. The Labute approximate surface area is 130 Å². The van der Waals surface area contributed by atoms with Gasteiger partial charge in [0.1, 0.15) is 5.60 Å². The number of rotatable bonds is 1. The van der Waals surface area contributed by atoms with Crippen LogP contribution in [0.15, 0.2) is 36.4 Å². The van der Waals surface area contributed by atoms with Crippen LogP contribution in [0, 0.1) is 0 Å². The summed E-state index contributed by atoms with van der Waals surface area (Å²) in [6.45, 7) is 6.97. The highest BCUT2D eigenvalue weighted by atomic mass is 16.6. The predicted octanol–water partition coefficient (Wildman–Crippen LogP) is 4.19. The molecule has 0 unspecified atom stereocenters. The molecule has 0 fully saturated rings. The molecule has 0 atom stereocenters. The number of hydrogen-bond donors (Lipinski definition) is 1. The second-order valence-corrected chi connectivity index (χ2v) is 6.69. The van der Waals surface area contributed by atoms with E-state index in [1.54, 1.807) is 4.90 Å². The average Bonchev–Trinajstić information content (AvgIpc) is 2.89. The number of carbonyl (C=O) groups excluding carboxylic acids is 1. The first-order valence-corrected chi connectivity index (χ1v) is 7.67. The van der Waals surface area contributed by atoms with Crippen molar-refractivity contribution < 1.29 is 9.53 Å². The molecule has 1 amide bonds. The molecule has 116 valence electrons. The lowest BCUT2D eigenvalue weighted by Gasteiger charge is -2.30. The zero-order valence-electron chi connectivity index (χ0n) is 13.3. The zero-order chi connectivity index (χ0) is 15.7. The van der Waals surface area contributed by atoms with Crippen LogP contribution in [-0.4, -0.2) is 34.7 Å². The molecule has 1 aromatic carbocycles. The molecule has 2 heterocycles. The van der Waals surface area contributed by atoms with Crippen molar-refractivity contribution in [2.45, 2.75) is 32.8 Å². The van der Waals surface area contributed by atoms with Crippen LogP contribution in [0.25, 0.3) is 16.5 Å². The molecule has 0 aliphatic carbocycles. The van der Waals surface area contributed by atoms with Gasteiger partial charge < -0.3 is 14.6 Å². The van der Waals surface area contributed by atoms with E-state index in [0.29, 0.717) is 13.1 Å². The molecule has 22 heavy (non-hydrogen) atoms. The molecule has 2 aromatic rings. The number of amides is 1. The van der Waals surface area contributed by atoms with Gasteiger partial charge in [0.15, 0.2) is 0 Å². The molecule has 4 nitrogen and oxygen atoms in total. The maximum atomic E-state index is 12.2. The minimum absolute atomic E-state index is 0.241. The van der Waals surface area contributed by atoms with Gasteiger partial charge in [-0.25, -0.2) is 4.79 Å². The van der Waals surface area contributed by atoms with Gasteiger partial charge in [-0.15, -0.1) is 0 Å².